The Kier molecular flexibility index (Phi) is 59.8. The molecule has 0 aliphatic carbocycles. The highest BCUT2D eigenvalue weighted by Gasteiger charge is 2.18. The Morgan fingerprint density at radius 1 is 0.314 bits per heavy atom. The van der Waals surface area contributed by atoms with Crippen LogP contribution in [-0.2, 0) is 23.8 Å². The van der Waals surface area contributed by atoms with Crippen LogP contribution in [0.2, 0.25) is 0 Å². The van der Waals surface area contributed by atoms with Gasteiger partial charge in [0.25, 0.3) is 0 Å². The van der Waals surface area contributed by atoms with Crippen LogP contribution in [0.5, 0.6) is 0 Å². The molecule has 0 saturated carbocycles. The first-order chi connectivity index (χ1) is 34.6. The van der Waals surface area contributed by atoms with Gasteiger partial charge in [-0.05, 0) is 77.0 Å². The topological polar surface area (TPSA) is 61.8 Å². The van der Waals surface area contributed by atoms with Crippen molar-refractivity contribution in [2.24, 2.45) is 0 Å². The van der Waals surface area contributed by atoms with Crippen molar-refractivity contribution in [3.8, 4) is 0 Å². The Morgan fingerprint density at radius 3 is 0.986 bits per heavy atom. The molecule has 0 aliphatic rings. The summed E-state index contributed by atoms with van der Waals surface area (Å²) in [7, 11) is 0. The van der Waals surface area contributed by atoms with Gasteiger partial charge < -0.3 is 14.2 Å². The van der Waals surface area contributed by atoms with Crippen molar-refractivity contribution in [1.82, 2.24) is 0 Å². The SMILES string of the molecule is CCCCC/C=C\C/C=C\CCCCCCCCCCCC(=O)OCC(COCCCCCCCCCCCCCCCCCC)OC(=O)CCCCCCCCCCC/C=C\CCCCCCCC. The standard InChI is InChI=1S/C65H122O5/c1-4-7-10-13-16-19-22-25-28-31-33-35-37-40-43-46-49-52-55-58-64(66)69-62-63(61-68-60-57-54-51-48-45-42-39-30-27-24-21-18-15-12-9-6-3)70-65(67)59-56-53-50-47-44-41-38-36-34-32-29-26-23-20-17-14-11-8-5-2/h16,19,25-26,28-29,63H,4-15,17-18,20-24,27,30-62H2,1-3H3/b19-16-,28-25-,29-26-. The molecule has 0 aromatic rings. The molecule has 0 aromatic heterocycles. The molecule has 0 fully saturated rings. The molecule has 0 aliphatic heterocycles. The number of carbonyl (C=O) groups excluding carboxylic acids is 2. The molecule has 70 heavy (non-hydrogen) atoms. The second-order valence-electron chi connectivity index (χ2n) is 21.3. The predicted octanol–water partition coefficient (Wildman–Crippen LogP) is 21.7. The Balaban J connectivity index is 4.23. The zero-order valence-corrected chi connectivity index (χ0v) is 47.6. The van der Waals surface area contributed by atoms with Crippen LogP contribution >= 0.6 is 0 Å². The molecule has 0 bridgehead atoms. The zero-order chi connectivity index (χ0) is 50.6. The molecule has 0 radical (unpaired) electrons. The average molecular weight is 984 g/mol. The highest BCUT2D eigenvalue weighted by molar-refractivity contribution is 5.70. The maximum Gasteiger partial charge on any atom is 0.306 e. The number of carbonyl (C=O) groups is 2. The second-order valence-corrected chi connectivity index (χ2v) is 21.3. The van der Waals surface area contributed by atoms with Crippen molar-refractivity contribution >= 4 is 11.9 Å². The van der Waals surface area contributed by atoms with Crippen LogP contribution in [0, 0.1) is 0 Å². The van der Waals surface area contributed by atoms with E-state index in [1.54, 1.807) is 0 Å². The zero-order valence-electron chi connectivity index (χ0n) is 47.6. The van der Waals surface area contributed by atoms with E-state index in [-0.39, 0.29) is 18.5 Å². The maximum absolute atomic E-state index is 12.9. The van der Waals surface area contributed by atoms with E-state index in [2.05, 4.69) is 57.2 Å². The molecule has 0 spiro atoms. The number of rotatable bonds is 59. The Bertz CT molecular complexity index is 1110. The molecule has 1 unspecified atom stereocenters. The smallest absolute Gasteiger partial charge is 0.306 e. The quantitative estimate of drug-likeness (QED) is 0.0345. The third-order valence-corrected chi connectivity index (χ3v) is 14.1. The van der Waals surface area contributed by atoms with Crippen molar-refractivity contribution in [3.63, 3.8) is 0 Å². The van der Waals surface area contributed by atoms with E-state index in [1.807, 2.05) is 0 Å². The largest absolute Gasteiger partial charge is 0.462 e. The molecule has 412 valence electrons. The van der Waals surface area contributed by atoms with Crippen LogP contribution in [0.1, 0.15) is 342 Å². The monoisotopic (exact) mass is 983 g/mol. The Labute approximate surface area is 438 Å². The fourth-order valence-electron chi connectivity index (χ4n) is 9.42. The Hall–Kier alpha value is -1.88. The lowest BCUT2D eigenvalue weighted by molar-refractivity contribution is -0.163. The average Bonchev–Trinajstić information content (AvgIpc) is 3.36. The molecule has 0 aromatic carbocycles. The minimum Gasteiger partial charge on any atom is -0.462 e. The highest BCUT2D eigenvalue weighted by atomic mass is 16.6. The lowest BCUT2D eigenvalue weighted by Gasteiger charge is -2.18. The summed E-state index contributed by atoms with van der Waals surface area (Å²) in [5, 5.41) is 0. The van der Waals surface area contributed by atoms with Gasteiger partial charge in [0.15, 0.2) is 6.10 Å². The molecule has 0 N–H and O–H groups in total. The van der Waals surface area contributed by atoms with E-state index in [9.17, 15) is 9.59 Å². The molecule has 0 amide bonds. The molecule has 5 nitrogen and oxygen atoms in total. The number of hydrogen-bond acceptors (Lipinski definition) is 5. The number of esters is 2. The van der Waals surface area contributed by atoms with Gasteiger partial charge in [-0.25, -0.2) is 0 Å². The Morgan fingerprint density at radius 2 is 0.600 bits per heavy atom. The first-order valence-electron chi connectivity index (χ1n) is 31.5. The fraction of sp³-hybridized carbons (Fsp3) is 0.877. The van der Waals surface area contributed by atoms with E-state index < -0.39 is 6.10 Å². The summed E-state index contributed by atoms with van der Waals surface area (Å²) >= 11 is 0. The summed E-state index contributed by atoms with van der Waals surface area (Å²) in [6.07, 6.45) is 76.0. The van der Waals surface area contributed by atoms with Crippen LogP contribution in [0.3, 0.4) is 0 Å². The van der Waals surface area contributed by atoms with Crippen molar-refractivity contribution in [2.75, 3.05) is 19.8 Å². The second kappa shape index (κ2) is 61.4. The van der Waals surface area contributed by atoms with Crippen LogP contribution in [0.25, 0.3) is 0 Å². The number of ether oxygens (including phenoxy) is 3. The van der Waals surface area contributed by atoms with Crippen LogP contribution in [0.4, 0.5) is 0 Å². The van der Waals surface area contributed by atoms with Crippen molar-refractivity contribution in [3.05, 3.63) is 36.5 Å². The summed E-state index contributed by atoms with van der Waals surface area (Å²) in [5.41, 5.74) is 0. The fourth-order valence-corrected chi connectivity index (χ4v) is 9.42. The summed E-state index contributed by atoms with van der Waals surface area (Å²) < 4.78 is 17.6. The van der Waals surface area contributed by atoms with Crippen molar-refractivity contribution < 1.29 is 23.8 Å². The van der Waals surface area contributed by atoms with Crippen LogP contribution < -0.4 is 0 Å². The van der Waals surface area contributed by atoms with E-state index in [1.165, 1.54) is 270 Å². The highest BCUT2D eigenvalue weighted by Crippen LogP contribution is 2.17. The van der Waals surface area contributed by atoms with Gasteiger partial charge >= 0.3 is 11.9 Å². The van der Waals surface area contributed by atoms with Crippen molar-refractivity contribution in [1.29, 1.82) is 0 Å². The molecular weight excluding hydrogens is 861 g/mol. The summed E-state index contributed by atoms with van der Waals surface area (Å²) in [6, 6.07) is 0. The van der Waals surface area contributed by atoms with Gasteiger partial charge in [0, 0.05) is 19.4 Å². The first-order valence-corrected chi connectivity index (χ1v) is 31.5. The normalized spacial score (nSPS) is 12.3. The number of hydrogen-bond donors (Lipinski definition) is 0. The number of unbranched alkanes of at least 4 members (excludes halogenated alkanes) is 42. The minimum absolute atomic E-state index is 0.0883. The molecular formula is C65H122O5. The van der Waals surface area contributed by atoms with E-state index >= 15 is 0 Å². The molecule has 1 atom stereocenters. The number of allylic oxidation sites excluding steroid dienone is 6. The van der Waals surface area contributed by atoms with Gasteiger partial charge in [0.05, 0.1) is 6.61 Å². The van der Waals surface area contributed by atoms with Gasteiger partial charge in [0.2, 0.25) is 0 Å². The summed E-state index contributed by atoms with van der Waals surface area (Å²) in [6.45, 7) is 7.87. The molecule has 0 rings (SSSR count). The van der Waals surface area contributed by atoms with Crippen LogP contribution in [-0.4, -0.2) is 37.9 Å². The molecule has 0 saturated heterocycles. The first kappa shape index (κ1) is 68.1. The van der Waals surface area contributed by atoms with Crippen LogP contribution in [0.15, 0.2) is 36.5 Å². The predicted molar refractivity (Wildman–Crippen MR) is 307 cm³/mol. The summed E-state index contributed by atoms with van der Waals surface area (Å²) in [5.74, 6) is -0.382. The lowest BCUT2D eigenvalue weighted by atomic mass is 10.0. The maximum atomic E-state index is 12.9. The third kappa shape index (κ3) is 58.7. The molecule has 5 heteroatoms. The van der Waals surface area contributed by atoms with Gasteiger partial charge in [-0.2, -0.15) is 0 Å². The van der Waals surface area contributed by atoms with E-state index in [0.717, 1.165) is 38.5 Å². The van der Waals surface area contributed by atoms with E-state index in [4.69, 9.17) is 14.2 Å². The van der Waals surface area contributed by atoms with Gasteiger partial charge in [0.1, 0.15) is 6.61 Å². The molecule has 0 heterocycles. The van der Waals surface area contributed by atoms with Crippen molar-refractivity contribution in [2.45, 2.75) is 348 Å². The lowest BCUT2D eigenvalue weighted by Crippen LogP contribution is -2.30. The van der Waals surface area contributed by atoms with Gasteiger partial charge in [-0.3, -0.25) is 9.59 Å². The minimum atomic E-state index is -0.536. The van der Waals surface area contributed by atoms with Gasteiger partial charge in [-0.1, -0.05) is 288 Å². The third-order valence-electron chi connectivity index (χ3n) is 14.1. The summed E-state index contributed by atoms with van der Waals surface area (Å²) in [4.78, 5) is 25.6. The van der Waals surface area contributed by atoms with Gasteiger partial charge in [-0.15, -0.1) is 0 Å². The van der Waals surface area contributed by atoms with E-state index in [0.29, 0.717) is 26.1 Å².